The number of aryl methyl sites for hydroxylation is 1. The average Bonchev–Trinajstić information content (AvgIpc) is 2.33. The normalized spacial score (nSPS) is 16.9. The fraction of sp³-hybridized carbons (Fsp3) is 0.500. The van der Waals surface area contributed by atoms with Crippen molar-refractivity contribution < 1.29 is 0 Å². The van der Waals surface area contributed by atoms with Gasteiger partial charge in [-0.2, -0.15) is 0 Å². The van der Waals surface area contributed by atoms with Gasteiger partial charge in [-0.3, -0.25) is 0 Å². The number of nitrogens with one attached hydrogen (secondary N) is 1. The molecule has 1 aliphatic heterocycles. The van der Waals surface area contributed by atoms with Crippen molar-refractivity contribution in [1.82, 2.24) is 4.90 Å². The van der Waals surface area contributed by atoms with E-state index in [2.05, 4.69) is 48.3 Å². The van der Waals surface area contributed by atoms with Crippen LogP contribution in [0.2, 0.25) is 0 Å². The van der Waals surface area contributed by atoms with E-state index >= 15 is 0 Å². The Kier molecular flexibility index (Phi) is 4.00. The minimum atomic E-state index is 0.841. The summed E-state index contributed by atoms with van der Waals surface area (Å²) in [6, 6.07) is 8.36. The second kappa shape index (κ2) is 5.50. The first-order valence-corrected chi connectivity index (χ1v) is 6.68. The molecule has 0 unspecified atom stereocenters. The molecule has 0 amide bonds. The van der Waals surface area contributed by atoms with Gasteiger partial charge < -0.3 is 10.2 Å². The minimum Gasteiger partial charge on any atom is -0.349 e. The number of hydrogen-bond acceptors (Lipinski definition) is 1. The highest BCUT2D eigenvalue weighted by Gasteiger charge is 2.17. The Balaban J connectivity index is 1.90. The Hall–Kier alpha value is -1.09. The summed E-state index contributed by atoms with van der Waals surface area (Å²) in [5, 5.41) is 4.17. The largest absolute Gasteiger partial charge is 0.349 e. The zero-order valence-electron chi connectivity index (χ0n) is 10.6. The SMILES string of the molecule is Cc1ccc(NC(=S)N2CCC(C)CC2)cc1. The highest BCUT2D eigenvalue weighted by Crippen LogP contribution is 2.17. The first kappa shape index (κ1) is 12.4. The molecule has 92 valence electrons. The molecule has 1 N–H and O–H groups in total. The standard InChI is InChI=1S/C14H20N2S/c1-11-3-5-13(6-4-11)15-14(17)16-9-7-12(2)8-10-16/h3-6,12H,7-10H2,1-2H3,(H,15,17). The minimum absolute atomic E-state index is 0.841. The van der Waals surface area contributed by atoms with Gasteiger partial charge in [0.2, 0.25) is 0 Å². The third-order valence-corrected chi connectivity index (χ3v) is 3.73. The second-order valence-corrected chi connectivity index (χ2v) is 5.35. The van der Waals surface area contributed by atoms with Crippen molar-refractivity contribution in [2.75, 3.05) is 18.4 Å². The number of thiocarbonyl (C=S) groups is 1. The molecule has 1 aliphatic rings. The van der Waals surface area contributed by atoms with Gasteiger partial charge in [-0.05, 0) is 50.0 Å². The molecule has 1 aromatic carbocycles. The van der Waals surface area contributed by atoms with Gasteiger partial charge in [0, 0.05) is 18.8 Å². The van der Waals surface area contributed by atoms with Crippen molar-refractivity contribution in [3.63, 3.8) is 0 Å². The van der Waals surface area contributed by atoms with Crippen LogP contribution in [0.1, 0.15) is 25.3 Å². The van der Waals surface area contributed by atoms with E-state index in [9.17, 15) is 0 Å². The summed E-state index contributed by atoms with van der Waals surface area (Å²) < 4.78 is 0. The van der Waals surface area contributed by atoms with Gasteiger partial charge in [0.1, 0.15) is 0 Å². The number of nitrogens with zero attached hydrogens (tertiary/aromatic N) is 1. The molecule has 0 atom stereocenters. The Morgan fingerprint density at radius 1 is 1.24 bits per heavy atom. The highest BCUT2D eigenvalue weighted by atomic mass is 32.1. The maximum absolute atomic E-state index is 5.44. The van der Waals surface area contributed by atoms with Gasteiger partial charge in [0.25, 0.3) is 0 Å². The lowest BCUT2D eigenvalue weighted by atomic mass is 10.00. The van der Waals surface area contributed by atoms with Gasteiger partial charge >= 0.3 is 0 Å². The van der Waals surface area contributed by atoms with Crippen molar-refractivity contribution in [2.24, 2.45) is 5.92 Å². The second-order valence-electron chi connectivity index (χ2n) is 4.97. The Labute approximate surface area is 109 Å². The van der Waals surface area contributed by atoms with Gasteiger partial charge in [-0.1, -0.05) is 24.6 Å². The van der Waals surface area contributed by atoms with Crippen LogP contribution in [0.4, 0.5) is 5.69 Å². The van der Waals surface area contributed by atoms with E-state index in [-0.39, 0.29) is 0 Å². The predicted molar refractivity (Wildman–Crippen MR) is 77.4 cm³/mol. The van der Waals surface area contributed by atoms with Crippen molar-refractivity contribution in [2.45, 2.75) is 26.7 Å². The molecule has 3 heteroatoms. The molecule has 2 nitrogen and oxygen atoms in total. The van der Waals surface area contributed by atoms with Crippen LogP contribution >= 0.6 is 12.2 Å². The molecule has 2 rings (SSSR count). The van der Waals surface area contributed by atoms with Crippen LogP contribution in [0, 0.1) is 12.8 Å². The summed E-state index contributed by atoms with van der Waals surface area (Å²) in [4.78, 5) is 2.27. The van der Waals surface area contributed by atoms with E-state index in [1.165, 1.54) is 18.4 Å². The average molecular weight is 248 g/mol. The summed E-state index contributed by atoms with van der Waals surface area (Å²) in [7, 11) is 0. The van der Waals surface area contributed by atoms with Crippen LogP contribution in [0.3, 0.4) is 0 Å². The summed E-state index contributed by atoms with van der Waals surface area (Å²) in [5.41, 5.74) is 2.35. The van der Waals surface area contributed by atoms with Crippen molar-refractivity contribution >= 4 is 23.0 Å². The fourth-order valence-electron chi connectivity index (χ4n) is 2.05. The van der Waals surface area contributed by atoms with Gasteiger partial charge in [0.15, 0.2) is 5.11 Å². The third-order valence-electron chi connectivity index (χ3n) is 3.37. The fourth-order valence-corrected chi connectivity index (χ4v) is 2.35. The molecule has 0 saturated carbocycles. The van der Waals surface area contributed by atoms with Crippen LogP contribution in [0.15, 0.2) is 24.3 Å². The quantitative estimate of drug-likeness (QED) is 0.767. The smallest absolute Gasteiger partial charge is 0.173 e. The van der Waals surface area contributed by atoms with E-state index in [4.69, 9.17) is 12.2 Å². The molecule has 1 aromatic rings. The van der Waals surface area contributed by atoms with Crippen LogP contribution in [0.25, 0.3) is 0 Å². The first-order chi connectivity index (χ1) is 8.15. The molecular weight excluding hydrogens is 228 g/mol. The van der Waals surface area contributed by atoms with E-state index < -0.39 is 0 Å². The maximum Gasteiger partial charge on any atom is 0.173 e. The Morgan fingerprint density at radius 3 is 2.41 bits per heavy atom. The predicted octanol–water partition coefficient (Wildman–Crippen LogP) is 3.42. The molecular formula is C14H20N2S. The number of likely N-dealkylation sites (tertiary alicyclic amines) is 1. The van der Waals surface area contributed by atoms with Crippen LogP contribution in [0.5, 0.6) is 0 Å². The number of hydrogen-bond donors (Lipinski definition) is 1. The number of piperidine rings is 1. The van der Waals surface area contributed by atoms with Crippen molar-refractivity contribution in [3.05, 3.63) is 29.8 Å². The lowest BCUT2D eigenvalue weighted by Gasteiger charge is -2.32. The Morgan fingerprint density at radius 2 is 1.82 bits per heavy atom. The lowest BCUT2D eigenvalue weighted by Crippen LogP contribution is -2.40. The third kappa shape index (κ3) is 3.43. The number of anilines is 1. The van der Waals surface area contributed by atoms with E-state index in [0.717, 1.165) is 29.8 Å². The summed E-state index contributed by atoms with van der Waals surface area (Å²) in [5.74, 6) is 0.841. The molecule has 17 heavy (non-hydrogen) atoms. The van der Waals surface area contributed by atoms with Crippen molar-refractivity contribution in [3.8, 4) is 0 Å². The summed E-state index contributed by atoms with van der Waals surface area (Å²) in [6.07, 6.45) is 2.49. The van der Waals surface area contributed by atoms with Crippen LogP contribution in [-0.2, 0) is 0 Å². The van der Waals surface area contributed by atoms with Gasteiger partial charge in [0.05, 0.1) is 0 Å². The number of rotatable bonds is 1. The molecule has 0 aromatic heterocycles. The molecule has 0 radical (unpaired) electrons. The molecule has 1 saturated heterocycles. The van der Waals surface area contributed by atoms with Crippen LogP contribution < -0.4 is 5.32 Å². The Bertz CT molecular complexity index is 378. The molecule has 0 aliphatic carbocycles. The zero-order valence-corrected chi connectivity index (χ0v) is 11.4. The number of benzene rings is 1. The van der Waals surface area contributed by atoms with E-state index in [1.807, 2.05) is 0 Å². The molecule has 1 fully saturated rings. The lowest BCUT2D eigenvalue weighted by molar-refractivity contribution is 0.283. The van der Waals surface area contributed by atoms with E-state index in [0.29, 0.717) is 0 Å². The van der Waals surface area contributed by atoms with Gasteiger partial charge in [-0.25, -0.2) is 0 Å². The molecule has 1 heterocycles. The van der Waals surface area contributed by atoms with Crippen LogP contribution in [-0.4, -0.2) is 23.1 Å². The monoisotopic (exact) mass is 248 g/mol. The molecule has 0 bridgehead atoms. The first-order valence-electron chi connectivity index (χ1n) is 6.28. The zero-order chi connectivity index (χ0) is 12.3. The van der Waals surface area contributed by atoms with E-state index in [1.54, 1.807) is 0 Å². The maximum atomic E-state index is 5.44. The van der Waals surface area contributed by atoms with Crippen molar-refractivity contribution in [1.29, 1.82) is 0 Å². The summed E-state index contributed by atoms with van der Waals surface area (Å²) in [6.45, 7) is 6.57. The van der Waals surface area contributed by atoms with Gasteiger partial charge in [-0.15, -0.1) is 0 Å². The highest BCUT2D eigenvalue weighted by molar-refractivity contribution is 7.80. The molecule has 0 spiro atoms. The summed E-state index contributed by atoms with van der Waals surface area (Å²) >= 11 is 5.44. The topological polar surface area (TPSA) is 15.3 Å².